The lowest BCUT2D eigenvalue weighted by atomic mass is 10.0. The van der Waals surface area contributed by atoms with E-state index in [-0.39, 0.29) is 30.6 Å². The quantitative estimate of drug-likeness (QED) is 0.577. The van der Waals surface area contributed by atoms with E-state index in [0.717, 1.165) is 11.1 Å². The molecule has 31 heavy (non-hydrogen) atoms. The highest BCUT2D eigenvalue weighted by atomic mass is 79.9. The van der Waals surface area contributed by atoms with Gasteiger partial charge in [0.2, 0.25) is 11.8 Å². The van der Waals surface area contributed by atoms with E-state index in [1.165, 1.54) is 21.7 Å². The van der Waals surface area contributed by atoms with Crippen LogP contribution in [0.3, 0.4) is 0 Å². The summed E-state index contributed by atoms with van der Waals surface area (Å²) in [6.07, 6.45) is 2.25. The van der Waals surface area contributed by atoms with Gasteiger partial charge >= 0.3 is 0 Å². The molecule has 8 nitrogen and oxygen atoms in total. The number of piperidine rings is 1. The number of benzene rings is 2. The standard InChI is InChI=1S/C21H15BrFN5O3/c22-15-8-13(23)2-4-17(15)28-10-16(25-26-28)11-1-3-14-12(7-11)9-27(21(14)31)18-5-6-19(29)24-20(18)30/h1-4,7-8,10,18H,5-6,9H2,(H,24,29,30). The molecule has 2 aliphatic heterocycles. The number of rotatable bonds is 3. The first-order valence-corrected chi connectivity index (χ1v) is 10.4. The third-order valence-corrected chi connectivity index (χ3v) is 6.10. The molecule has 1 atom stereocenters. The Labute approximate surface area is 184 Å². The van der Waals surface area contributed by atoms with Crippen LogP contribution in [-0.4, -0.2) is 43.7 Å². The minimum Gasteiger partial charge on any atom is -0.322 e. The first-order chi connectivity index (χ1) is 14.9. The topological polar surface area (TPSA) is 97.2 Å². The maximum absolute atomic E-state index is 13.4. The molecule has 0 aliphatic carbocycles. The smallest absolute Gasteiger partial charge is 0.255 e. The zero-order valence-electron chi connectivity index (χ0n) is 16.0. The van der Waals surface area contributed by atoms with Crippen LogP contribution >= 0.6 is 15.9 Å². The summed E-state index contributed by atoms with van der Waals surface area (Å²) in [5.74, 6) is -1.34. The molecule has 0 saturated carbocycles. The van der Waals surface area contributed by atoms with Gasteiger partial charge in [-0.2, -0.15) is 0 Å². The molecule has 1 unspecified atom stereocenters. The monoisotopic (exact) mass is 483 g/mol. The Hall–Kier alpha value is -3.40. The van der Waals surface area contributed by atoms with Gasteiger partial charge in [-0.1, -0.05) is 11.3 Å². The SMILES string of the molecule is O=C1CCC(N2Cc3cc(-c4cn(-c5ccc(F)cc5Br)nn4)ccc3C2=O)C(=O)N1. The molecule has 1 aromatic heterocycles. The second-order valence-electron chi connectivity index (χ2n) is 7.42. The molecule has 0 radical (unpaired) electrons. The predicted octanol–water partition coefficient (Wildman–Crippen LogP) is 2.60. The first kappa shape index (κ1) is 19.6. The van der Waals surface area contributed by atoms with E-state index in [0.29, 0.717) is 27.8 Å². The minimum atomic E-state index is -0.655. The number of carbonyl (C=O) groups is 3. The summed E-state index contributed by atoms with van der Waals surface area (Å²) in [6.45, 7) is 0.284. The van der Waals surface area contributed by atoms with Gasteiger partial charge in [0.05, 0.1) is 11.9 Å². The van der Waals surface area contributed by atoms with Crippen molar-refractivity contribution < 1.29 is 18.8 Å². The number of aromatic nitrogens is 3. The fourth-order valence-electron chi connectivity index (χ4n) is 3.91. The van der Waals surface area contributed by atoms with Gasteiger partial charge in [-0.25, -0.2) is 9.07 Å². The van der Waals surface area contributed by atoms with E-state index in [1.807, 2.05) is 6.07 Å². The predicted molar refractivity (Wildman–Crippen MR) is 110 cm³/mol. The van der Waals surface area contributed by atoms with Crippen LogP contribution < -0.4 is 5.32 Å². The number of hydrogen-bond acceptors (Lipinski definition) is 5. The van der Waals surface area contributed by atoms with E-state index in [2.05, 4.69) is 31.6 Å². The molecule has 0 spiro atoms. The van der Waals surface area contributed by atoms with Crippen molar-refractivity contribution in [2.45, 2.75) is 25.4 Å². The van der Waals surface area contributed by atoms with Crippen molar-refractivity contribution in [3.8, 4) is 16.9 Å². The highest BCUT2D eigenvalue weighted by molar-refractivity contribution is 9.10. The molecule has 1 N–H and O–H groups in total. The molecule has 5 rings (SSSR count). The Balaban J connectivity index is 1.41. The molecule has 2 aliphatic rings. The highest BCUT2D eigenvalue weighted by Crippen LogP contribution is 2.31. The van der Waals surface area contributed by atoms with Crippen LogP contribution in [0.1, 0.15) is 28.8 Å². The van der Waals surface area contributed by atoms with Crippen LogP contribution in [0.5, 0.6) is 0 Å². The van der Waals surface area contributed by atoms with Crippen LogP contribution in [0.2, 0.25) is 0 Å². The Bertz CT molecular complexity index is 1260. The van der Waals surface area contributed by atoms with Crippen LogP contribution in [0, 0.1) is 5.82 Å². The Morgan fingerprint density at radius 3 is 2.74 bits per heavy atom. The normalized spacial score (nSPS) is 18.3. The van der Waals surface area contributed by atoms with E-state index in [1.54, 1.807) is 24.4 Å². The number of nitrogens with one attached hydrogen (secondary N) is 1. The number of hydrogen-bond donors (Lipinski definition) is 1. The van der Waals surface area contributed by atoms with Gasteiger partial charge in [0, 0.05) is 28.6 Å². The van der Waals surface area contributed by atoms with Crippen molar-refractivity contribution in [2.24, 2.45) is 0 Å². The van der Waals surface area contributed by atoms with Crippen molar-refractivity contribution >= 4 is 33.7 Å². The van der Waals surface area contributed by atoms with Crippen LogP contribution in [0.15, 0.2) is 47.1 Å². The number of amides is 3. The van der Waals surface area contributed by atoms with Gasteiger partial charge in [-0.05, 0) is 58.2 Å². The third kappa shape index (κ3) is 3.42. The summed E-state index contributed by atoms with van der Waals surface area (Å²) in [5, 5.41) is 10.6. The Kier molecular flexibility index (Phi) is 4.66. The molecule has 3 aromatic rings. The van der Waals surface area contributed by atoms with E-state index in [9.17, 15) is 18.8 Å². The first-order valence-electron chi connectivity index (χ1n) is 9.56. The summed E-state index contributed by atoms with van der Waals surface area (Å²) in [5.41, 5.74) is 3.31. The Morgan fingerprint density at radius 1 is 1.13 bits per heavy atom. The van der Waals surface area contributed by atoms with Gasteiger partial charge in [0.25, 0.3) is 5.91 Å². The van der Waals surface area contributed by atoms with Gasteiger partial charge in [0.15, 0.2) is 0 Å². The summed E-state index contributed by atoms with van der Waals surface area (Å²) < 4.78 is 15.4. The van der Waals surface area contributed by atoms with Crippen LogP contribution in [0.4, 0.5) is 4.39 Å². The van der Waals surface area contributed by atoms with E-state index in [4.69, 9.17) is 0 Å². The molecule has 1 saturated heterocycles. The molecule has 10 heteroatoms. The molecule has 3 heterocycles. The van der Waals surface area contributed by atoms with Crippen LogP contribution in [0.25, 0.3) is 16.9 Å². The van der Waals surface area contributed by atoms with Gasteiger partial charge in [-0.15, -0.1) is 5.10 Å². The fraction of sp³-hybridized carbons (Fsp3) is 0.190. The second kappa shape index (κ2) is 7.38. The lowest BCUT2D eigenvalue weighted by Gasteiger charge is -2.29. The van der Waals surface area contributed by atoms with Crippen molar-refractivity contribution in [1.82, 2.24) is 25.2 Å². The molecule has 156 valence electrons. The summed E-state index contributed by atoms with van der Waals surface area (Å²) in [4.78, 5) is 37.9. The molecule has 1 fully saturated rings. The lowest BCUT2D eigenvalue weighted by molar-refractivity contribution is -0.136. The fourth-order valence-corrected chi connectivity index (χ4v) is 4.45. The highest BCUT2D eigenvalue weighted by Gasteiger charge is 2.39. The Morgan fingerprint density at radius 2 is 1.97 bits per heavy atom. The average molecular weight is 484 g/mol. The molecule has 3 amide bonds. The molecular formula is C21H15BrFN5O3. The summed E-state index contributed by atoms with van der Waals surface area (Å²) >= 11 is 3.32. The van der Waals surface area contributed by atoms with Gasteiger partial charge < -0.3 is 4.90 Å². The third-order valence-electron chi connectivity index (χ3n) is 5.47. The molecule has 2 aromatic carbocycles. The van der Waals surface area contributed by atoms with Gasteiger partial charge in [-0.3, -0.25) is 19.7 Å². The van der Waals surface area contributed by atoms with Crippen molar-refractivity contribution in [3.63, 3.8) is 0 Å². The summed E-state index contributed by atoms with van der Waals surface area (Å²) in [6, 6.07) is 8.97. The van der Waals surface area contributed by atoms with Crippen molar-refractivity contribution in [1.29, 1.82) is 0 Å². The van der Waals surface area contributed by atoms with Crippen molar-refractivity contribution in [2.75, 3.05) is 0 Å². The van der Waals surface area contributed by atoms with E-state index < -0.39 is 11.9 Å². The number of imide groups is 1. The van der Waals surface area contributed by atoms with Crippen LogP contribution in [-0.2, 0) is 16.1 Å². The largest absolute Gasteiger partial charge is 0.322 e. The lowest BCUT2D eigenvalue weighted by Crippen LogP contribution is -2.52. The maximum atomic E-state index is 13.4. The maximum Gasteiger partial charge on any atom is 0.255 e. The number of fused-ring (bicyclic) bond motifs is 1. The molecular weight excluding hydrogens is 469 g/mol. The average Bonchev–Trinajstić information content (AvgIpc) is 3.33. The summed E-state index contributed by atoms with van der Waals surface area (Å²) in [7, 11) is 0. The second-order valence-corrected chi connectivity index (χ2v) is 8.27. The van der Waals surface area contributed by atoms with Crippen molar-refractivity contribution in [3.05, 3.63) is 64.0 Å². The number of carbonyl (C=O) groups excluding carboxylic acids is 3. The zero-order valence-corrected chi connectivity index (χ0v) is 17.6. The number of nitrogens with zero attached hydrogens (tertiary/aromatic N) is 4. The van der Waals surface area contributed by atoms with E-state index >= 15 is 0 Å². The molecule has 0 bridgehead atoms. The zero-order chi connectivity index (χ0) is 21.7. The number of halogens is 2. The minimum absolute atomic E-state index is 0.212. The van der Waals surface area contributed by atoms with Gasteiger partial charge in [0.1, 0.15) is 17.6 Å².